The van der Waals surface area contributed by atoms with Gasteiger partial charge in [0.15, 0.2) is 5.17 Å². The Morgan fingerprint density at radius 2 is 1.77 bits per heavy atom. The number of nitrogens with zero attached hydrogens (tertiary/aromatic N) is 2. The van der Waals surface area contributed by atoms with E-state index in [9.17, 15) is 4.79 Å². The van der Waals surface area contributed by atoms with Crippen LogP contribution in [0.25, 0.3) is 0 Å². The van der Waals surface area contributed by atoms with Gasteiger partial charge >= 0.3 is 0 Å². The van der Waals surface area contributed by atoms with Gasteiger partial charge in [0.25, 0.3) is 0 Å². The molecule has 1 unspecified atom stereocenters. The summed E-state index contributed by atoms with van der Waals surface area (Å²) in [5.41, 5.74) is 1.01. The van der Waals surface area contributed by atoms with Crippen molar-refractivity contribution >= 4 is 40.9 Å². The number of ether oxygens (including phenoxy) is 1. The van der Waals surface area contributed by atoms with Gasteiger partial charge < -0.3 is 15.0 Å². The highest BCUT2D eigenvalue weighted by Crippen LogP contribution is 2.57. The van der Waals surface area contributed by atoms with Gasteiger partial charge in [-0.25, -0.2) is 0 Å². The van der Waals surface area contributed by atoms with Crippen LogP contribution in [-0.2, 0) is 4.79 Å². The number of thioether (sulfide) groups is 1. The summed E-state index contributed by atoms with van der Waals surface area (Å²) >= 11 is 1.84. The lowest BCUT2D eigenvalue weighted by molar-refractivity contribution is -0.116. The molecular weight excluding hydrogens is 418 g/mol. The first-order valence-electron chi connectivity index (χ1n) is 10.9. The van der Waals surface area contributed by atoms with Crippen LogP contribution < -0.4 is 10.1 Å². The third kappa shape index (κ3) is 4.31. The second-order valence-corrected chi connectivity index (χ2v) is 10.6. The van der Waals surface area contributed by atoms with E-state index in [0.29, 0.717) is 6.42 Å². The van der Waals surface area contributed by atoms with E-state index >= 15 is 0 Å². The van der Waals surface area contributed by atoms with E-state index in [1.54, 1.807) is 7.11 Å². The number of rotatable bonds is 5. The van der Waals surface area contributed by atoms with Gasteiger partial charge in [0.1, 0.15) is 5.75 Å². The Morgan fingerprint density at radius 3 is 2.33 bits per heavy atom. The second-order valence-electron chi connectivity index (χ2n) is 9.59. The second kappa shape index (κ2) is 8.62. The average molecular weight is 450 g/mol. The molecule has 5 aliphatic rings. The number of amidine groups is 1. The van der Waals surface area contributed by atoms with Crippen molar-refractivity contribution in [1.29, 1.82) is 0 Å². The van der Waals surface area contributed by atoms with Gasteiger partial charge in [-0.05, 0) is 80.5 Å². The van der Waals surface area contributed by atoms with Crippen LogP contribution in [0.1, 0.15) is 44.9 Å². The number of anilines is 1. The molecule has 0 aromatic heterocycles. The zero-order chi connectivity index (χ0) is 20.0. The molecule has 0 radical (unpaired) electrons. The van der Waals surface area contributed by atoms with E-state index in [1.165, 1.54) is 38.5 Å². The molecule has 6 rings (SSSR count). The van der Waals surface area contributed by atoms with E-state index in [0.717, 1.165) is 40.1 Å². The number of carbonyl (C=O) groups excluding carboxylic acids is 1. The molecule has 7 heteroatoms. The van der Waals surface area contributed by atoms with Gasteiger partial charge in [-0.15, -0.1) is 12.4 Å². The number of carbonyl (C=O) groups is 1. The zero-order valence-corrected chi connectivity index (χ0v) is 19.4. The lowest BCUT2D eigenvalue weighted by Crippen LogP contribution is -2.50. The molecule has 5 fully saturated rings. The van der Waals surface area contributed by atoms with Gasteiger partial charge in [0.05, 0.1) is 12.6 Å². The molecular formula is C23H32ClN3O2S. The predicted octanol–water partition coefficient (Wildman–Crippen LogP) is 4.82. The molecule has 1 amide bonds. The van der Waals surface area contributed by atoms with Crippen molar-refractivity contribution in [1.82, 2.24) is 4.90 Å². The first kappa shape index (κ1) is 21.8. The smallest absolute Gasteiger partial charge is 0.226 e. The summed E-state index contributed by atoms with van der Waals surface area (Å²) in [7, 11) is 3.76. The number of nitrogens with one attached hydrogen (secondary N) is 1. The fourth-order valence-corrected chi connectivity index (χ4v) is 7.65. The maximum atomic E-state index is 12.6. The zero-order valence-electron chi connectivity index (χ0n) is 17.8. The molecule has 30 heavy (non-hydrogen) atoms. The molecule has 1 aromatic carbocycles. The molecule has 5 nitrogen and oxygen atoms in total. The average Bonchev–Trinajstić information content (AvgIpc) is 3.00. The van der Waals surface area contributed by atoms with Crippen LogP contribution in [0.4, 0.5) is 5.69 Å². The number of hydrogen-bond donors (Lipinski definition) is 1. The van der Waals surface area contributed by atoms with E-state index in [1.807, 2.05) is 36.0 Å². The van der Waals surface area contributed by atoms with E-state index in [-0.39, 0.29) is 29.9 Å². The standard InChI is InChI=1S/C23H31N3O2S.ClH/c1-26-19(10-21(27)24-18-3-5-20(28-2)6-4-18)14-29-22(26)25-23-11-15-7-16(12-23)9-17(8-15)13-23;/h3-6,15-17,19H,7-14H2,1-2H3,(H,24,27);1H. The lowest BCUT2D eigenvalue weighted by Gasteiger charge is -2.55. The molecule has 4 saturated carbocycles. The Labute approximate surface area is 189 Å². The number of amides is 1. The first-order valence-corrected chi connectivity index (χ1v) is 11.9. The van der Waals surface area contributed by atoms with Crippen LogP contribution in [-0.4, -0.2) is 47.5 Å². The SMILES string of the molecule is COc1ccc(NC(=O)CC2CSC(=NC34CC5CC(CC(C5)C3)C4)N2C)cc1.Cl. The van der Waals surface area contributed by atoms with Gasteiger partial charge in [0.2, 0.25) is 5.91 Å². The molecule has 1 N–H and O–H groups in total. The minimum absolute atomic E-state index is 0. The lowest BCUT2D eigenvalue weighted by atomic mass is 9.53. The predicted molar refractivity (Wildman–Crippen MR) is 126 cm³/mol. The third-order valence-corrected chi connectivity index (χ3v) is 8.58. The monoisotopic (exact) mass is 449 g/mol. The fraction of sp³-hybridized carbons (Fsp3) is 0.652. The number of methoxy groups -OCH3 is 1. The maximum Gasteiger partial charge on any atom is 0.226 e. The molecule has 1 aromatic rings. The molecule has 1 saturated heterocycles. The van der Waals surface area contributed by atoms with Crippen LogP contribution >= 0.6 is 24.2 Å². The fourth-order valence-electron chi connectivity index (χ4n) is 6.35. The summed E-state index contributed by atoms with van der Waals surface area (Å²) in [6.45, 7) is 0. The van der Waals surface area contributed by atoms with Crippen molar-refractivity contribution in [2.75, 3.05) is 25.2 Å². The third-order valence-electron chi connectivity index (χ3n) is 7.39. The summed E-state index contributed by atoms with van der Waals surface area (Å²) in [5, 5.41) is 4.17. The normalized spacial score (nSPS) is 35.4. The largest absolute Gasteiger partial charge is 0.497 e. The number of halogens is 1. The highest BCUT2D eigenvalue weighted by molar-refractivity contribution is 8.14. The van der Waals surface area contributed by atoms with Crippen LogP contribution in [0.3, 0.4) is 0 Å². The summed E-state index contributed by atoms with van der Waals surface area (Å²) in [6.07, 6.45) is 8.71. The highest BCUT2D eigenvalue weighted by atomic mass is 35.5. The number of benzene rings is 1. The molecule has 1 atom stereocenters. The Kier molecular flexibility index (Phi) is 6.27. The molecule has 4 bridgehead atoms. The summed E-state index contributed by atoms with van der Waals surface area (Å²) < 4.78 is 5.17. The summed E-state index contributed by atoms with van der Waals surface area (Å²) in [5.74, 6) is 4.52. The van der Waals surface area contributed by atoms with Crippen LogP contribution in [0.2, 0.25) is 0 Å². The van der Waals surface area contributed by atoms with Gasteiger partial charge in [-0.3, -0.25) is 9.79 Å². The van der Waals surface area contributed by atoms with E-state index in [2.05, 4.69) is 17.3 Å². The maximum absolute atomic E-state index is 12.6. The van der Waals surface area contributed by atoms with Gasteiger partial charge in [-0.1, -0.05) is 11.8 Å². The molecule has 1 aliphatic heterocycles. The number of hydrogen-bond acceptors (Lipinski definition) is 4. The Balaban J connectivity index is 0.00000218. The number of aliphatic imine (C=N–C) groups is 1. The van der Waals surface area contributed by atoms with E-state index < -0.39 is 0 Å². The van der Waals surface area contributed by atoms with Crippen molar-refractivity contribution in [2.45, 2.75) is 56.5 Å². The summed E-state index contributed by atoms with van der Waals surface area (Å²) in [4.78, 5) is 20.2. The molecule has 0 spiro atoms. The highest BCUT2D eigenvalue weighted by Gasteiger charge is 2.51. The van der Waals surface area contributed by atoms with Gasteiger partial charge in [-0.2, -0.15) is 0 Å². The Bertz CT molecular complexity index is 778. The van der Waals surface area contributed by atoms with Crippen molar-refractivity contribution < 1.29 is 9.53 Å². The van der Waals surface area contributed by atoms with Crippen molar-refractivity contribution in [3.8, 4) is 5.75 Å². The van der Waals surface area contributed by atoms with Crippen molar-refractivity contribution in [3.63, 3.8) is 0 Å². The summed E-state index contributed by atoms with van der Waals surface area (Å²) in [6, 6.07) is 7.70. The molecule has 4 aliphatic carbocycles. The Morgan fingerprint density at radius 1 is 1.17 bits per heavy atom. The van der Waals surface area contributed by atoms with Crippen LogP contribution in [0.15, 0.2) is 29.3 Å². The minimum Gasteiger partial charge on any atom is -0.497 e. The van der Waals surface area contributed by atoms with E-state index in [4.69, 9.17) is 9.73 Å². The topological polar surface area (TPSA) is 53.9 Å². The minimum atomic E-state index is 0. The van der Waals surface area contributed by atoms with Gasteiger partial charge in [0, 0.05) is 31.0 Å². The quantitative estimate of drug-likeness (QED) is 0.700. The van der Waals surface area contributed by atoms with Crippen LogP contribution in [0, 0.1) is 17.8 Å². The van der Waals surface area contributed by atoms with Crippen molar-refractivity contribution in [3.05, 3.63) is 24.3 Å². The van der Waals surface area contributed by atoms with Crippen LogP contribution in [0.5, 0.6) is 5.75 Å². The molecule has 164 valence electrons. The Hall–Kier alpha value is -1.40. The first-order chi connectivity index (χ1) is 14.0. The van der Waals surface area contributed by atoms with Crippen molar-refractivity contribution in [2.24, 2.45) is 22.7 Å². The molecule has 1 heterocycles.